The number of oxazole rings is 1. The summed E-state index contributed by atoms with van der Waals surface area (Å²) in [5.74, 6) is 1.37. The van der Waals surface area contributed by atoms with Crippen molar-refractivity contribution in [3.63, 3.8) is 0 Å². The number of aryl methyl sites for hydroxylation is 1. The lowest BCUT2D eigenvalue weighted by atomic mass is 10.1. The maximum Gasteiger partial charge on any atom is 0.226 e. The molecule has 1 aromatic carbocycles. The molecule has 1 aromatic heterocycles. The first kappa shape index (κ1) is 22.4. The number of hydrogen-bond acceptors (Lipinski definition) is 4. The van der Waals surface area contributed by atoms with Crippen LogP contribution in [0.5, 0.6) is 0 Å². The third-order valence-corrected chi connectivity index (χ3v) is 3.58. The van der Waals surface area contributed by atoms with E-state index in [1.807, 2.05) is 38.1 Å². The second kappa shape index (κ2) is 11.9. The van der Waals surface area contributed by atoms with Gasteiger partial charge in [0.05, 0.1) is 18.3 Å². The summed E-state index contributed by atoms with van der Waals surface area (Å²) in [4.78, 5) is 8.72. The molecular weight excluding hydrogens is 443 g/mol. The fourth-order valence-corrected chi connectivity index (χ4v) is 2.21. The molecule has 0 aliphatic rings. The Bertz CT molecular complexity index is 668. The van der Waals surface area contributed by atoms with E-state index in [1.165, 1.54) is 5.56 Å². The average Bonchev–Trinajstić information content (AvgIpc) is 3.06. The van der Waals surface area contributed by atoms with E-state index in [0.717, 1.165) is 36.8 Å². The van der Waals surface area contributed by atoms with Crippen molar-refractivity contribution in [2.45, 2.75) is 39.8 Å². The van der Waals surface area contributed by atoms with E-state index in [1.54, 1.807) is 13.3 Å². The number of aliphatic imine (C=N–C) groups is 1. The number of benzene rings is 1. The molecule has 0 spiro atoms. The fourth-order valence-electron chi connectivity index (χ4n) is 2.21. The topological polar surface area (TPSA) is 71.7 Å². The van der Waals surface area contributed by atoms with Crippen LogP contribution in [-0.2, 0) is 11.3 Å². The van der Waals surface area contributed by atoms with Crippen LogP contribution in [0.4, 0.5) is 0 Å². The van der Waals surface area contributed by atoms with Gasteiger partial charge in [-0.15, -0.1) is 24.0 Å². The second-order valence-electron chi connectivity index (χ2n) is 6.14. The van der Waals surface area contributed by atoms with Gasteiger partial charge in [0.25, 0.3) is 0 Å². The molecule has 0 fully saturated rings. The molecule has 2 aromatic rings. The van der Waals surface area contributed by atoms with E-state index < -0.39 is 0 Å². The van der Waals surface area contributed by atoms with Crippen LogP contribution in [0.1, 0.15) is 31.5 Å². The zero-order chi connectivity index (χ0) is 18.1. The Morgan fingerprint density at radius 1 is 1.23 bits per heavy atom. The number of aromatic nitrogens is 1. The lowest BCUT2D eigenvalue weighted by molar-refractivity contribution is 0.0776. The van der Waals surface area contributed by atoms with Crippen molar-refractivity contribution in [2.24, 2.45) is 4.99 Å². The van der Waals surface area contributed by atoms with E-state index >= 15 is 0 Å². The standard InChI is InChI=1S/C19H28N4O2.HI/c1-14(2)24-11-5-10-21-19(20-4)22-12-17-13-25-18(23-17)16-8-6-15(3)7-9-16;/h6-9,13-14H,5,10-12H2,1-4H3,(H2,20,21,22);1H. The van der Waals surface area contributed by atoms with Gasteiger partial charge < -0.3 is 19.8 Å². The van der Waals surface area contributed by atoms with Gasteiger partial charge >= 0.3 is 0 Å². The third kappa shape index (κ3) is 7.74. The normalized spacial score (nSPS) is 11.3. The first-order chi connectivity index (χ1) is 12.1. The lowest BCUT2D eigenvalue weighted by Crippen LogP contribution is -2.37. The Labute approximate surface area is 172 Å². The number of guanidine groups is 1. The molecule has 0 atom stereocenters. The van der Waals surface area contributed by atoms with Crippen molar-refractivity contribution in [2.75, 3.05) is 20.2 Å². The van der Waals surface area contributed by atoms with Crippen molar-refractivity contribution < 1.29 is 9.15 Å². The smallest absolute Gasteiger partial charge is 0.226 e. The zero-order valence-electron chi connectivity index (χ0n) is 15.9. The van der Waals surface area contributed by atoms with Crippen molar-refractivity contribution in [1.82, 2.24) is 15.6 Å². The van der Waals surface area contributed by atoms with Crippen LogP contribution in [0.25, 0.3) is 11.5 Å². The van der Waals surface area contributed by atoms with Gasteiger partial charge in [0.1, 0.15) is 6.26 Å². The molecule has 0 amide bonds. The number of rotatable bonds is 8. The largest absolute Gasteiger partial charge is 0.444 e. The van der Waals surface area contributed by atoms with Gasteiger partial charge in [-0.2, -0.15) is 0 Å². The van der Waals surface area contributed by atoms with Crippen LogP contribution in [-0.4, -0.2) is 37.2 Å². The van der Waals surface area contributed by atoms with Crippen molar-refractivity contribution >= 4 is 29.9 Å². The first-order valence-electron chi connectivity index (χ1n) is 8.66. The third-order valence-electron chi connectivity index (χ3n) is 3.58. The molecule has 7 heteroatoms. The van der Waals surface area contributed by atoms with Gasteiger partial charge in [0, 0.05) is 25.8 Å². The Balaban J connectivity index is 0.00000338. The van der Waals surface area contributed by atoms with Crippen LogP contribution in [0.15, 0.2) is 39.9 Å². The Morgan fingerprint density at radius 3 is 2.62 bits per heavy atom. The molecule has 0 bridgehead atoms. The molecule has 2 N–H and O–H groups in total. The summed E-state index contributed by atoms with van der Waals surface area (Å²) in [6.07, 6.45) is 2.87. The van der Waals surface area contributed by atoms with E-state index in [0.29, 0.717) is 12.4 Å². The van der Waals surface area contributed by atoms with Gasteiger partial charge in [-0.1, -0.05) is 17.7 Å². The van der Waals surface area contributed by atoms with Crippen LogP contribution < -0.4 is 10.6 Å². The van der Waals surface area contributed by atoms with Crippen LogP contribution in [0.2, 0.25) is 0 Å². The van der Waals surface area contributed by atoms with E-state index in [2.05, 4.69) is 27.5 Å². The summed E-state index contributed by atoms with van der Waals surface area (Å²) >= 11 is 0. The van der Waals surface area contributed by atoms with Crippen molar-refractivity contribution in [3.05, 3.63) is 41.8 Å². The first-order valence-corrected chi connectivity index (χ1v) is 8.66. The SMILES string of the molecule is CN=C(NCCCOC(C)C)NCc1coc(-c2ccc(C)cc2)n1.I. The fraction of sp³-hybridized carbons (Fsp3) is 0.474. The quantitative estimate of drug-likeness (QED) is 0.265. The minimum Gasteiger partial charge on any atom is -0.444 e. The minimum absolute atomic E-state index is 0. The number of ether oxygens (including phenoxy) is 1. The van der Waals surface area contributed by atoms with Gasteiger partial charge in [0.2, 0.25) is 5.89 Å². The zero-order valence-corrected chi connectivity index (χ0v) is 18.2. The van der Waals surface area contributed by atoms with Gasteiger partial charge in [0.15, 0.2) is 5.96 Å². The predicted octanol–water partition coefficient (Wildman–Crippen LogP) is 3.75. The molecule has 0 aliphatic carbocycles. The highest BCUT2D eigenvalue weighted by atomic mass is 127. The molecular formula is C19H29IN4O2. The van der Waals surface area contributed by atoms with Gasteiger partial charge in [-0.25, -0.2) is 4.98 Å². The van der Waals surface area contributed by atoms with Gasteiger partial charge in [-0.3, -0.25) is 4.99 Å². The summed E-state index contributed by atoms with van der Waals surface area (Å²) < 4.78 is 11.1. The monoisotopic (exact) mass is 472 g/mol. The highest BCUT2D eigenvalue weighted by Gasteiger charge is 2.07. The van der Waals surface area contributed by atoms with Crippen LogP contribution in [0.3, 0.4) is 0 Å². The minimum atomic E-state index is 0. The number of hydrogen-bond donors (Lipinski definition) is 2. The lowest BCUT2D eigenvalue weighted by Gasteiger charge is -2.11. The second-order valence-corrected chi connectivity index (χ2v) is 6.14. The number of halogens is 1. The van der Waals surface area contributed by atoms with Gasteiger partial charge in [-0.05, 0) is 39.3 Å². The molecule has 0 aliphatic heterocycles. The summed E-state index contributed by atoms with van der Waals surface area (Å²) in [7, 11) is 1.75. The van der Waals surface area contributed by atoms with Crippen molar-refractivity contribution in [1.29, 1.82) is 0 Å². The van der Waals surface area contributed by atoms with E-state index in [4.69, 9.17) is 9.15 Å². The number of nitrogens with zero attached hydrogens (tertiary/aromatic N) is 2. The highest BCUT2D eigenvalue weighted by Crippen LogP contribution is 2.18. The summed E-state index contributed by atoms with van der Waals surface area (Å²) in [6, 6.07) is 8.12. The number of nitrogens with one attached hydrogen (secondary N) is 2. The maximum atomic E-state index is 5.56. The predicted molar refractivity (Wildman–Crippen MR) is 116 cm³/mol. The van der Waals surface area contributed by atoms with E-state index in [9.17, 15) is 0 Å². The summed E-state index contributed by atoms with van der Waals surface area (Å²) in [5, 5.41) is 6.49. The summed E-state index contributed by atoms with van der Waals surface area (Å²) in [5.41, 5.74) is 3.03. The Morgan fingerprint density at radius 2 is 1.96 bits per heavy atom. The molecule has 0 radical (unpaired) electrons. The maximum absolute atomic E-state index is 5.56. The molecule has 0 saturated heterocycles. The Hall–Kier alpha value is -1.61. The van der Waals surface area contributed by atoms with E-state index in [-0.39, 0.29) is 30.1 Å². The highest BCUT2D eigenvalue weighted by molar-refractivity contribution is 14.0. The molecule has 1 heterocycles. The van der Waals surface area contributed by atoms with Crippen LogP contribution in [0, 0.1) is 6.92 Å². The molecule has 2 rings (SSSR count). The molecule has 144 valence electrons. The molecule has 0 unspecified atom stereocenters. The molecule has 6 nitrogen and oxygen atoms in total. The average molecular weight is 472 g/mol. The Kier molecular flexibility index (Phi) is 10.3. The van der Waals surface area contributed by atoms with Crippen LogP contribution >= 0.6 is 24.0 Å². The molecule has 26 heavy (non-hydrogen) atoms. The molecule has 0 saturated carbocycles. The summed E-state index contributed by atoms with van der Waals surface area (Å²) in [6.45, 7) is 8.23. The van der Waals surface area contributed by atoms with Crippen molar-refractivity contribution in [3.8, 4) is 11.5 Å².